The van der Waals surface area contributed by atoms with Crippen LogP contribution in [0.25, 0.3) is 0 Å². The van der Waals surface area contributed by atoms with E-state index >= 15 is 0 Å². The molecule has 6 nitrogen and oxygen atoms in total. The van der Waals surface area contributed by atoms with E-state index in [0.717, 1.165) is 0 Å². The third kappa shape index (κ3) is 3.82. The van der Waals surface area contributed by atoms with Crippen molar-refractivity contribution in [1.29, 1.82) is 0 Å². The van der Waals surface area contributed by atoms with Gasteiger partial charge in [0.2, 0.25) is 10.0 Å². The molecule has 0 heterocycles. The van der Waals surface area contributed by atoms with E-state index in [1.807, 2.05) is 6.92 Å². The average molecular weight is 288 g/mol. The van der Waals surface area contributed by atoms with Crippen molar-refractivity contribution < 1.29 is 17.9 Å². The number of hydrogen-bond donors (Lipinski definition) is 2. The summed E-state index contributed by atoms with van der Waals surface area (Å²) in [7, 11) is 0.917. The number of sulfonamides is 1. The van der Waals surface area contributed by atoms with Gasteiger partial charge in [0.05, 0.1) is 14.2 Å². The largest absolute Gasteiger partial charge is 0.495 e. The Morgan fingerprint density at radius 2 is 1.74 bits per heavy atom. The van der Waals surface area contributed by atoms with E-state index in [1.54, 1.807) is 25.2 Å². The molecule has 1 rings (SSSR count). The van der Waals surface area contributed by atoms with Gasteiger partial charge >= 0.3 is 0 Å². The molecule has 0 saturated heterocycles. The number of methoxy groups -OCH3 is 2. The minimum atomic E-state index is -3.69. The van der Waals surface area contributed by atoms with Crippen molar-refractivity contribution in [2.45, 2.75) is 17.9 Å². The van der Waals surface area contributed by atoms with Crippen LogP contribution in [0.1, 0.15) is 6.92 Å². The van der Waals surface area contributed by atoms with E-state index in [2.05, 4.69) is 10.0 Å². The van der Waals surface area contributed by atoms with Gasteiger partial charge in [-0.05, 0) is 26.1 Å². The highest BCUT2D eigenvalue weighted by molar-refractivity contribution is 7.89. The smallest absolute Gasteiger partial charge is 0.248 e. The topological polar surface area (TPSA) is 76.7 Å². The molecule has 1 atom stereocenters. The summed E-state index contributed by atoms with van der Waals surface area (Å²) in [5, 5.41) is 2.96. The number of likely N-dealkylation sites (N-methyl/N-ethyl adjacent to an activating group) is 1. The molecule has 108 valence electrons. The molecular formula is C12H20N2O4S. The van der Waals surface area contributed by atoms with Gasteiger partial charge in [-0.2, -0.15) is 0 Å². The zero-order valence-corrected chi connectivity index (χ0v) is 12.4. The molecule has 1 aromatic carbocycles. The Kier molecular flexibility index (Phi) is 5.59. The predicted molar refractivity (Wildman–Crippen MR) is 73.3 cm³/mol. The van der Waals surface area contributed by atoms with Gasteiger partial charge in [0, 0.05) is 12.6 Å². The van der Waals surface area contributed by atoms with E-state index in [9.17, 15) is 8.42 Å². The van der Waals surface area contributed by atoms with Gasteiger partial charge in [0.15, 0.2) is 4.90 Å². The van der Waals surface area contributed by atoms with Crippen LogP contribution in [-0.4, -0.2) is 42.3 Å². The first-order chi connectivity index (χ1) is 8.96. The van der Waals surface area contributed by atoms with Crippen molar-refractivity contribution in [2.75, 3.05) is 27.8 Å². The molecule has 0 radical (unpaired) electrons. The Morgan fingerprint density at radius 1 is 1.21 bits per heavy atom. The fourth-order valence-electron chi connectivity index (χ4n) is 1.49. The second kappa shape index (κ2) is 6.74. The van der Waals surface area contributed by atoms with Crippen LogP contribution >= 0.6 is 0 Å². The van der Waals surface area contributed by atoms with Crippen molar-refractivity contribution in [2.24, 2.45) is 0 Å². The third-order valence-electron chi connectivity index (χ3n) is 2.72. The van der Waals surface area contributed by atoms with Gasteiger partial charge in [-0.15, -0.1) is 0 Å². The Labute approximate surface area is 114 Å². The lowest BCUT2D eigenvalue weighted by molar-refractivity contribution is 0.372. The summed E-state index contributed by atoms with van der Waals surface area (Å²) in [6, 6.07) is 4.86. The first-order valence-corrected chi connectivity index (χ1v) is 7.32. The number of nitrogens with one attached hydrogen (secondary N) is 2. The first-order valence-electron chi connectivity index (χ1n) is 5.84. The Bertz CT molecular complexity index is 494. The molecule has 0 bridgehead atoms. The molecule has 0 amide bonds. The van der Waals surface area contributed by atoms with E-state index in [-0.39, 0.29) is 29.0 Å². The summed E-state index contributed by atoms with van der Waals surface area (Å²) in [6.45, 7) is 2.15. The summed E-state index contributed by atoms with van der Waals surface area (Å²) < 4.78 is 37.3. The molecule has 1 unspecified atom stereocenters. The molecule has 1 aromatic rings. The first kappa shape index (κ1) is 15.7. The molecule has 19 heavy (non-hydrogen) atoms. The molecule has 0 saturated carbocycles. The molecule has 7 heteroatoms. The highest BCUT2D eigenvalue weighted by Gasteiger charge is 2.24. The van der Waals surface area contributed by atoms with Gasteiger partial charge in [0.25, 0.3) is 0 Å². The quantitative estimate of drug-likeness (QED) is 0.768. The number of hydrogen-bond acceptors (Lipinski definition) is 5. The second-order valence-electron chi connectivity index (χ2n) is 4.03. The highest BCUT2D eigenvalue weighted by atomic mass is 32.2. The fourth-order valence-corrected chi connectivity index (χ4v) is 2.94. The molecule has 2 N–H and O–H groups in total. The summed E-state index contributed by atoms with van der Waals surface area (Å²) in [5.41, 5.74) is 0. The van der Waals surface area contributed by atoms with Gasteiger partial charge in [-0.1, -0.05) is 6.07 Å². The summed E-state index contributed by atoms with van der Waals surface area (Å²) in [5.74, 6) is 0.507. The Balaban J connectivity index is 3.12. The minimum Gasteiger partial charge on any atom is -0.495 e. The third-order valence-corrected chi connectivity index (χ3v) is 4.21. The maximum absolute atomic E-state index is 12.3. The molecular weight excluding hydrogens is 268 g/mol. The monoisotopic (exact) mass is 288 g/mol. The maximum Gasteiger partial charge on any atom is 0.248 e. The number of ether oxygens (including phenoxy) is 2. The molecule has 0 aliphatic heterocycles. The normalized spacial score (nSPS) is 13.1. The van der Waals surface area contributed by atoms with Crippen LogP contribution in [0.15, 0.2) is 23.1 Å². The second-order valence-corrected chi connectivity index (χ2v) is 5.74. The van der Waals surface area contributed by atoms with Crippen molar-refractivity contribution >= 4 is 10.0 Å². The van der Waals surface area contributed by atoms with Gasteiger partial charge in [-0.25, -0.2) is 13.1 Å². The molecule has 0 aromatic heterocycles. The van der Waals surface area contributed by atoms with E-state index < -0.39 is 10.0 Å². The van der Waals surface area contributed by atoms with Crippen molar-refractivity contribution in [3.8, 4) is 11.5 Å². The van der Waals surface area contributed by atoms with Crippen LogP contribution in [0.4, 0.5) is 0 Å². The predicted octanol–water partition coefficient (Wildman–Crippen LogP) is 0.590. The van der Waals surface area contributed by atoms with Crippen LogP contribution in [0.3, 0.4) is 0 Å². The summed E-state index contributed by atoms with van der Waals surface area (Å²) in [4.78, 5) is 0.0169. The van der Waals surface area contributed by atoms with Crippen LogP contribution in [0.5, 0.6) is 11.5 Å². The standard InChI is InChI=1S/C12H20N2O4S/c1-9(13-2)8-14-19(15,16)12-10(17-3)6-5-7-11(12)18-4/h5-7,9,13-14H,8H2,1-4H3. The number of benzene rings is 1. The Hall–Kier alpha value is -1.31. The fraction of sp³-hybridized carbons (Fsp3) is 0.500. The maximum atomic E-state index is 12.3. The molecule has 0 aliphatic rings. The van der Waals surface area contributed by atoms with Crippen LogP contribution in [-0.2, 0) is 10.0 Å². The van der Waals surface area contributed by atoms with Gasteiger partial charge < -0.3 is 14.8 Å². The van der Waals surface area contributed by atoms with Crippen molar-refractivity contribution in [1.82, 2.24) is 10.0 Å². The lowest BCUT2D eigenvalue weighted by Crippen LogP contribution is -2.37. The van der Waals surface area contributed by atoms with Crippen molar-refractivity contribution in [3.63, 3.8) is 0 Å². The van der Waals surface area contributed by atoms with E-state index in [4.69, 9.17) is 9.47 Å². The summed E-state index contributed by atoms with van der Waals surface area (Å²) in [6.07, 6.45) is 0. The van der Waals surface area contributed by atoms with Gasteiger partial charge in [0.1, 0.15) is 11.5 Å². The number of rotatable bonds is 7. The lowest BCUT2D eigenvalue weighted by atomic mass is 10.3. The lowest BCUT2D eigenvalue weighted by Gasteiger charge is -2.16. The van der Waals surface area contributed by atoms with E-state index in [1.165, 1.54) is 14.2 Å². The van der Waals surface area contributed by atoms with Crippen LogP contribution in [0.2, 0.25) is 0 Å². The van der Waals surface area contributed by atoms with Crippen LogP contribution < -0.4 is 19.5 Å². The van der Waals surface area contributed by atoms with Crippen LogP contribution in [0, 0.1) is 0 Å². The highest BCUT2D eigenvalue weighted by Crippen LogP contribution is 2.32. The van der Waals surface area contributed by atoms with Crippen molar-refractivity contribution in [3.05, 3.63) is 18.2 Å². The molecule has 0 fully saturated rings. The average Bonchev–Trinajstić information content (AvgIpc) is 2.43. The van der Waals surface area contributed by atoms with E-state index in [0.29, 0.717) is 0 Å². The zero-order valence-electron chi connectivity index (χ0n) is 11.6. The Morgan fingerprint density at radius 3 is 2.16 bits per heavy atom. The van der Waals surface area contributed by atoms with Gasteiger partial charge in [-0.3, -0.25) is 0 Å². The molecule has 0 spiro atoms. The SMILES string of the molecule is CNC(C)CNS(=O)(=O)c1c(OC)cccc1OC. The zero-order chi connectivity index (χ0) is 14.5. The summed E-state index contributed by atoms with van der Waals surface area (Å²) >= 11 is 0. The molecule has 0 aliphatic carbocycles. The minimum absolute atomic E-state index is 0.0169.